The van der Waals surface area contributed by atoms with Crippen molar-refractivity contribution < 1.29 is 5.79 Å². The summed E-state index contributed by atoms with van der Waals surface area (Å²) < 4.78 is 15.8. The van der Waals surface area contributed by atoms with Gasteiger partial charge in [-0.25, -0.2) is 4.98 Å². The summed E-state index contributed by atoms with van der Waals surface area (Å²) in [7, 11) is 0. The average molecular weight is 406 g/mol. The zero-order chi connectivity index (χ0) is 21.5. The lowest BCUT2D eigenvalue weighted by molar-refractivity contribution is 0.437. The van der Waals surface area contributed by atoms with Gasteiger partial charge in [0.25, 0.3) is 0 Å². The van der Waals surface area contributed by atoms with Gasteiger partial charge >= 0.3 is 0 Å². The van der Waals surface area contributed by atoms with E-state index in [9.17, 15) is 1.37 Å². The van der Waals surface area contributed by atoms with Gasteiger partial charge in [0.1, 0.15) is 11.3 Å². The van der Waals surface area contributed by atoms with Crippen molar-refractivity contribution in [3.05, 3.63) is 84.7 Å². The molecule has 0 atom stereocenters. The average Bonchev–Trinajstić information content (AvgIpc) is 3.24. The third-order valence-electron chi connectivity index (χ3n) is 6.29. The summed E-state index contributed by atoms with van der Waals surface area (Å²) in [5.41, 5.74) is 6.14. The van der Waals surface area contributed by atoms with E-state index in [0.29, 0.717) is 0 Å². The highest BCUT2D eigenvalue weighted by atomic mass is 16.3. The largest absolute Gasteiger partial charge is 0.453 e. The van der Waals surface area contributed by atoms with Gasteiger partial charge < -0.3 is 4.42 Å². The Balaban J connectivity index is 1.67. The minimum absolute atomic E-state index is 0.641. The SMILES string of the molecule is [2H]C1(c2cc3c(oc4c(-c5ccccn5)cccc43)c(-c3ccccc3)n2)CCCCC1. The molecule has 2 aromatic carbocycles. The highest BCUT2D eigenvalue weighted by Gasteiger charge is 2.22. The minimum Gasteiger partial charge on any atom is -0.453 e. The first-order valence-corrected chi connectivity index (χ1v) is 11.1. The fraction of sp³-hybridized carbons (Fsp3) is 0.214. The summed E-state index contributed by atoms with van der Waals surface area (Å²) in [5.74, 6) is -0.641. The van der Waals surface area contributed by atoms with Crippen molar-refractivity contribution in [2.24, 2.45) is 0 Å². The second-order valence-electron chi connectivity index (χ2n) is 8.26. The zero-order valence-electron chi connectivity index (χ0n) is 18.3. The van der Waals surface area contributed by atoms with Crippen molar-refractivity contribution in [2.45, 2.75) is 38.0 Å². The number of hydrogen-bond donors (Lipinski definition) is 0. The van der Waals surface area contributed by atoms with Gasteiger partial charge in [-0.05, 0) is 37.1 Å². The second-order valence-corrected chi connectivity index (χ2v) is 8.26. The van der Waals surface area contributed by atoms with Crippen LogP contribution in [0.25, 0.3) is 44.5 Å². The van der Waals surface area contributed by atoms with Crippen LogP contribution >= 0.6 is 0 Å². The quantitative estimate of drug-likeness (QED) is 0.308. The van der Waals surface area contributed by atoms with Gasteiger partial charge in [-0.1, -0.05) is 67.8 Å². The normalized spacial score (nSPS) is 16.5. The molecule has 0 amide bonds. The predicted octanol–water partition coefficient (Wildman–Crippen LogP) is 7.76. The van der Waals surface area contributed by atoms with E-state index < -0.39 is 5.89 Å². The minimum atomic E-state index is -0.641. The van der Waals surface area contributed by atoms with Gasteiger partial charge in [-0.2, -0.15) is 0 Å². The molecule has 0 spiro atoms. The maximum atomic E-state index is 9.23. The molecule has 5 aromatic rings. The second kappa shape index (κ2) is 7.66. The Bertz CT molecular complexity index is 1400. The third-order valence-corrected chi connectivity index (χ3v) is 6.29. The molecule has 1 fully saturated rings. The van der Waals surface area contributed by atoms with Crippen LogP contribution in [0, 0.1) is 0 Å². The number of aromatic nitrogens is 2. The molecule has 3 aromatic heterocycles. The highest BCUT2D eigenvalue weighted by Crippen LogP contribution is 2.41. The zero-order valence-corrected chi connectivity index (χ0v) is 17.3. The van der Waals surface area contributed by atoms with Crippen LogP contribution in [0.3, 0.4) is 0 Å². The van der Waals surface area contributed by atoms with Crippen molar-refractivity contribution in [1.29, 1.82) is 0 Å². The Morgan fingerprint density at radius 3 is 2.45 bits per heavy atom. The van der Waals surface area contributed by atoms with Crippen molar-refractivity contribution >= 4 is 21.9 Å². The Morgan fingerprint density at radius 1 is 0.806 bits per heavy atom. The van der Waals surface area contributed by atoms with Gasteiger partial charge in [-0.15, -0.1) is 0 Å². The van der Waals surface area contributed by atoms with Crippen LogP contribution in [0.2, 0.25) is 0 Å². The van der Waals surface area contributed by atoms with Gasteiger partial charge in [0.2, 0.25) is 0 Å². The molecule has 6 rings (SSSR count). The van der Waals surface area contributed by atoms with Gasteiger partial charge in [0.15, 0.2) is 5.58 Å². The summed E-state index contributed by atoms with van der Waals surface area (Å²) in [6.07, 6.45) is 6.89. The molecule has 3 heteroatoms. The fourth-order valence-corrected chi connectivity index (χ4v) is 4.73. The monoisotopic (exact) mass is 405 g/mol. The molecular formula is C28H24N2O. The third kappa shape index (κ3) is 3.21. The molecule has 0 radical (unpaired) electrons. The molecule has 0 aliphatic heterocycles. The van der Waals surface area contributed by atoms with E-state index >= 15 is 0 Å². The summed E-state index contributed by atoms with van der Waals surface area (Å²) in [4.78, 5) is 9.61. The number of para-hydroxylation sites is 1. The molecule has 0 unspecified atom stereocenters. The van der Waals surface area contributed by atoms with E-state index in [1.54, 1.807) is 6.20 Å². The lowest BCUT2D eigenvalue weighted by Crippen LogP contribution is -2.07. The van der Waals surface area contributed by atoms with Crippen molar-refractivity contribution in [3.63, 3.8) is 0 Å². The summed E-state index contributed by atoms with van der Waals surface area (Å²) in [6.45, 7) is 0. The smallest absolute Gasteiger partial charge is 0.161 e. The summed E-state index contributed by atoms with van der Waals surface area (Å²) in [5, 5.41) is 2.07. The van der Waals surface area contributed by atoms with Crippen molar-refractivity contribution in [2.75, 3.05) is 0 Å². The maximum absolute atomic E-state index is 9.23. The molecule has 1 aliphatic carbocycles. The Morgan fingerprint density at radius 2 is 1.65 bits per heavy atom. The maximum Gasteiger partial charge on any atom is 0.161 e. The van der Waals surface area contributed by atoms with E-state index in [0.717, 1.165) is 75.8 Å². The van der Waals surface area contributed by atoms with Gasteiger partial charge in [0, 0.05) is 41.1 Å². The first kappa shape index (κ1) is 17.2. The van der Waals surface area contributed by atoms with Crippen LogP contribution in [-0.2, 0) is 0 Å². The van der Waals surface area contributed by atoms with Crippen LogP contribution in [0.5, 0.6) is 0 Å². The van der Waals surface area contributed by atoms with Gasteiger partial charge in [0.05, 0.1) is 5.69 Å². The summed E-state index contributed by atoms with van der Waals surface area (Å²) >= 11 is 0. The first-order valence-electron chi connectivity index (χ1n) is 11.6. The molecule has 1 saturated carbocycles. The molecule has 152 valence electrons. The van der Waals surface area contributed by atoms with Crippen molar-refractivity contribution in [3.8, 4) is 22.5 Å². The topological polar surface area (TPSA) is 38.9 Å². The molecule has 3 heterocycles. The number of pyridine rings is 2. The number of benzene rings is 2. The molecule has 0 N–H and O–H groups in total. The van der Waals surface area contributed by atoms with Crippen LogP contribution in [0.1, 0.15) is 45.1 Å². The summed E-state index contributed by atoms with van der Waals surface area (Å²) in [6, 6.07) is 24.4. The predicted molar refractivity (Wildman–Crippen MR) is 126 cm³/mol. The van der Waals surface area contributed by atoms with E-state index in [1.807, 2.05) is 36.4 Å². The van der Waals surface area contributed by atoms with Crippen molar-refractivity contribution in [1.82, 2.24) is 9.97 Å². The Kier molecular flexibility index (Phi) is 4.26. The fourth-order valence-electron chi connectivity index (χ4n) is 4.73. The molecule has 3 nitrogen and oxygen atoms in total. The Labute approximate surface area is 183 Å². The number of fused-ring (bicyclic) bond motifs is 3. The number of nitrogens with zero attached hydrogens (tertiary/aromatic N) is 2. The van der Waals surface area contributed by atoms with E-state index in [2.05, 4.69) is 41.4 Å². The molecule has 31 heavy (non-hydrogen) atoms. The van der Waals surface area contributed by atoms with Crippen LogP contribution in [-0.4, -0.2) is 9.97 Å². The van der Waals surface area contributed by atoms with Crippen LogP contribution in [0.4, 0.5) is 0 Å². The molecule has 0 bridgehead atoms. The first-order chi connectivity index (χ1) is 15.7. The number of furan rings is 1. The molecule has 0 saturated heterocycles. The standard InChI is InChI=1S/C28H24N2O/c1-3-10-19(11-4-1)25-18-23-21-14-9-15-22(24-16-7-8-17-29-24)27(21)31-28(23)26(30-25)20-12-5-2-6-13-20/h2,5-9,12-19H,1,3-4,10-11H2/i19D. The number of hydrogen-bond acceptors (Lipinski definition) is 3. The van der Waals surface area contributed by atoms with Crippen LogP contribution in [0.15, 0.2) is 83.4 Å². The van der Waals surface area contributed by atoms with E-state index in [4.69, 9.17) is 9.40 Å². The molecule has 1 aliphatic rings. The van der Waals surface area contributed by atoms with Crippen LogP contribution < -0.4 is 0 Å². The van der Waals surface area contributed by atoms with E-state index in [-0.39, 0.29) is 0 Å². The molecular weight excluding hydrogens is 380 g/mol. The lowest BCUT2D eigenvalue weighted by atomic mass is 9.86. The highest BCUT2D eigenvalue weighted by molar-refractivity contribution is 6.12. The van der Waals surface area contributed by atoms with E-state index in [1.165, 1.54) is 6.42 Å². The lowest BCUT2D eigenvalue weighted by Gasteiger charge is -2.21. The number of rotatable bonds is 3. The van der Waals surface area contributed by atoms with Gasteiger partial charge in [-0.3, -0.25) is 4.98 Å². The Hall–Kier alpha value is -3.46.